The number of carbonyl (C=O) groups is 1. The number of nitrogens with zero attached hydrogens (tertiary/aromatic N) is 4. The fourth-order valence-electron chi connectivity index (χ4n) is 3.81. The lowest BCUT2D eigenvalue weighted by Crippen LogP contribution is -2.49. The van der Waals surface area contributed by atoms with Crippen LogP contribution in [0.15, 0.2) is 24.5 Å². The number of rotatable bonds is 4. The lowest BCUT2D eigenvalue weighted by Gasteiger charge is -2.38. The van der Waals surface area contributed by atoms with Gasteiger partial charge in [0.2, 0.25) is 5.91 Å². The first-order valence-corrected chi connectivity index (χ1v) is 10.6. The fraction of sp³-hybridized carbons (Fsp3) is 0.500. The normalized spacial score (nSPS) is 22.2. The second kappa shape index (κ2) is 8.11. The van der Waals surface area contributed by atoms with Crippen LogP contribution >= 0.6 is 23.0 Å². The van der Waals surface area contributed by atoms with Crippen LogP contribution in [0.4, 0.5) is 11.6 Å². The van der Waals surface area contributed by atoms with Crippen LogP contribution in [0, 0.1) is 0 Å². The monoisotopic (exact) mass is 509 g/mol. The molecule has 0 aromatic carbocycles. The number of hydrogen-bond acceptors (Lipinski definition) is 7. The summed E-state index contributed by atoms with van der Waals surface area (Å²) in [5.41, 5.74) is 1.82. The highest BCUT2D eigenvalue weighted by Gasteiger charge is 2.35. The van der Waals surface area contributed by atoms with Crippen LogP contribution in [0.3, 0.4) is 0 Å². The molecule has 0 atom stereocenters. The van der Waals surface area contributed by atoms with E-state index in [-0.39, 0.29) is 24.6 Å². The van der Waals surface area contributed by atoms with Crippen LogP contribution in [0.25, 0.3) is 11.3 Å². The minimum absolute atomic E-state index is 0.0141. The van der Waals surface area contributed by atoms with Gasteiger partial charge in [0.25, 0.3) is 0 Å². The van der Waals surface area contributed by atoms with Crippen molar-refractivity contribution in [1.82, 2.24) is 15.0 Å². The highest BCUT2D eigenvalue weighted by Crippen LogP contribution is 2.34. The highest BCUT2D eigenvalue weighted by atomic mass is 127. The van der Waals surface area contributed by atoms with Crippen LogP contribution in [0.2, 0.25) is 0 Å². The van der Waals surface area contributed by atoms with Gasteiger partial charge in [-0.25, -0.2) is 9.97 Å². The number of halogens is 1. The molecule has 1 fully saturated rings. The highest BCUT2D eigenvalue weighted by molar-refractivity contribution is 14.1. The van der Waals surface area contributed by atoms with Crippen molar-refractivity contribution in [3.63, 3.8) is 0 Å². The van der Waals surface area contributed by atoms with Crippen molar-refractivity contribution in [3.05, 3.63) is 30.2 Å². The van der Waals surface area contributed by atoms with Crippen molar-refractivity contribution in [2.45, 2.75) is 57.3 Å². The second-order valence-electron chi connectivity index (χ2n) is 8.03. The Kier molecular flexibility index (Phi) is 5.71. The Morgan fingerprint density at radius 3 is 2.62 bits per heavy atom. The number of amides is 1. The molecule has 1 aliphatic heterocycles. The number of pyridine rings is 1. The predicted molar refractivity (Wildman–Crippen MR) is 118 cm³/mol. The van der Waals surface area contributed by atoms with E-state index in [1.807, 2.05) is 49.0 Å². The predicted octanol–water partition coefficient (Wildman–Crippen LogP) is 3.20. The van der Waals surface area contributed by atoms with Crippen LogP contribution in [0.1, 0.15) is 45.2 Å². The number of aliphatic hydroxyl groups excluding tert-OH is 1. The van der Waals surface area contributed by atoms with E-state index in [9.17, 15) is 9.90 Å². The molecule has 2 aliphatic rings. The summed E-state index contributed by atoms with van der Waals surface area (Å²) in [5.74, 6) is 1.16. The van der Waals surface area contributed by atoms with Gasteiger partial charge in [-0.05, 0) is 51.7 Å². The number of nitrogens with one attached hydrogen (secondary N) is 1. The topological polar surface area (TPSA) is 100 Å². The Morgan fingerprint density at radius 1 is 1.21 bits per heavy atom. The Hall–Kier alpha value is -1.85. The Labute approximate surface area is 183 Å². The van der Waals surface area contributed by atoms with Crippen LogP contribution in [0.5, 0.6) is 0 Å². The van der Waals surface area contributed by atoms with Crippen molar-refractivity contribution >= 4 is 40.5 Å². The molecule has 2 aromatic heterocycles. The van der Waals surface area contributed by atoms with Crippen molar-refractivity contribution < 1.29 is 13.0 Å². The summed E-state index contributed by atoms with van der Waals surface area (Å²) in [4.78, 5) is 28.2. The van der Waals surface area contributed by atoms with Crippen LogP contribution < -0.4 is 10.2 Å². The number of carbonyl (C=O) groups excluding carboxylic acids is 1. The number of aromatic nitrogens is 3. The van der Waals surface area contributed by atoms with E-state index >= 15 is 0 Å². The van der Waals surface area contributed by atoms with E-state index in [0.717, 1.165) is 24.1 Å². The molecular formula is C20H24IN5O3. The van der Waals surface area contributed by atoms with Crippen LogP contribution in [-0.2, 0) is 13.5 Å². The molecule has 1 amide bonds. The zero-order valence-electron chi connectivity index (χ0n) is 16.4. The maximum atomic E-state index is 12.7. The molecule has 0 spiro atoms. The minimum atomic E-state index is -0.487. The summed E-state index contributed by atoms with van der Waals surface area (Å²) in [5, 5.41) is 12.9. The molecule has 0 bridgehead atoms. The molecule has 3 heterocycles. The van der Waals surface area contributed by atoms with Gasteiger partial charge in [0.15, 0.2) is 11.6 Å². The molecular weight excluding hydrogens is 485 g/mol. The molecule has 8 nitrogen and oxygen atoms in total. The number of hydrogen-bond donors (Lipinski definition) is 2. The zero-order valence-corrected chi connectivity index (χ0v) is 18.6. The van der Waals surface area contributed by atoms with E-state index in [4.69, 9.17) is 8.05 Å². The summed E-state index contributed by atoms with van der Waals surface area (Å²) >= 11 is 1.88. The molecule has 0 radical (unpaired) electrons. The van der Waals surface area contributed by atoms with Gasteiger partial charge < -0.3 is 13.5 Å². The van der Waals surface area contributed by atoms with Gasteiger partial charge >= 0.3 is 0 Å². The molecule has 1 aliphatic carbocycles. The standard InChI is InChI=1S/C20H24IN5O3/c1-20(2,29-21)16-8-3-12(9-22-16)15-10-23-18-19(25-15)26(17(28)11-24-18)13-4-6-14(27)7-5-13/h3,8-10,13-14,27H,4-7,11H2,1-2H3,(H,23,24). The first-order valence-electron chi connectivity index (χ1n) is 9.77. The third-order valence-corrected chi connectivity index (χ3v) is 6.66. The van der Waals surface area contributed by atoms with Crippen molar-refractivity contribution in [2.75, 3.05) is 16.8 Å². The van der Waals surface area contributed by atoms with E-state index in [2.05, 4.69) is 15.3 Å². The smallest absolute Gasteiger partial charge is 0.247 e. The summed E-state index contributed by atoms with van der Waals surface area (Å²) in [6, 6.07) is 3.90. The molecule has 2 aromatic rings. The van der Waals surface area contributed by atoms with Gasteiger partial charge in [0, 0.05) is 17.8 Å². The molecule has 1 saturated carbocycles. The average molecular weight is 509 g/mol. The van der Waals surface area contributed by atoms with Gasteiger partial charge in [-0.15, -0.1) is 0 Å². The fourth-order valence-corrected chi connectivity index (χ4v) is 4.03. The molecule has 154 valence electrons. The summed E-state index contributed by atoms with van der Waals surface area (Å²) < 4.78 is 5.45. The van der Waals surface area contributed by atoms with Gasteiger partial charge in [-0.1, -0.05) is 0 Å². The van der Waals surface area contributed by atoms with Crippen molar-refractivity contribution in [1.29, 1.82) is 0 Å². The zero-order chi connectivity index (χ0) is 20.6. The van der Waals surface area contributed by atoms with Gasteiger partial charge in [-0.3, -0.25) is 14.7 Å². The van der Waals surface area contributed by atoms with E-state index < -0.39 is 5.60 Å². The van der Waals surface area contributed by atoms with Gasteiger partial charge in [0.1, 0.15) is 28.6 Å². The Bertz CT molecular complexity index is 897. The number of aliphatic hydroxyl groups is 1. The summed E-state index contributed by atoms with van der Waals surface area (Å²) in [6.45, 7) is 4.12. The first-order chi connectivity index (χ1) is 13.9. The second-order valence-corrected chi connectivity index (χ2v) is 8.47. The lowest BCUT2D eigenvalue weighted by molar-refractivity contribution is -0.118. The SMILES string of the molecule is CC(C)(OI)c1ccc(-c2cnc3c(n2)N(C2CCC(O)CC2)C(=O)CN3)cn1. The molecule has 0 saturated heterocycles. The maximum Gasteiger partial charge on any atom is 0.247 e. The van der Waals surface area contributed by atoms with Crippen molar-refractivity contribution in [2.24, 2.45) is 0 Å². The quantitative estimate of drug-likeness (QED) is 0.611. The molecule has 29 heavy (non-hydrogen) atoms. The van der Waals surface area contributed by atoms with Crippen molar-refractivity contribution in [3.8, 4) is 11.3 Å². The van der Waals surface area contributed by atoms with Gasteiger partial charge in [0.05, 0.1) is 30.2 Å². The minimum Gasteiger partial charge on any atom is -0.393 e. The molecule has 9 heteroatoms. The number of anilines is 2. The Morgan fingerprint density at radius 2 is 1.97 bits per heavy atom. The third kappa shape index (κ3) is 4.08. The number of fused-ring (bicyclic) bond motifs is 1. The molecule has 2 N–H and O–H groups in total. The maximum absolute atomic E-state index is 12.7. The average Bonchev–Trinajstić information content (AvgIpc) is 2.74. The van der Waals surface area contributed by atoms with Gasteiger partial charge in [-0.2, -0.15) is 0 Å². The third-order valence-electron chi connectivity index (χ3n) is 5.56. The summed E-state index contributed by atoms with van der Waals surface area (Å²) in [7, 11) is 0. The van der Waals surface area contributed by atoms with E-state index in [1.165, 1.54) is 0 Å². The first kappa shape index (κ1) is 20.4. The largest absolute Gasteiger partial charge is 0.393 e. The summed E-state index contributed by atoms with van der Waals surface area (Å²) in [6.07, 6.45) is 6.10. The molecule has 0 unspecified atom stereocenters. The van der Waals surface area contributed by atoms with E-state index in [1.54, 1.807) is 17.3 Å². The Balaban J connectivity index is 1.66. The molecule has 4 rings (SSSR count). The lowest BCUT2D eigenvalue weighted by atomic mass is 9.91. The van der Waals surface area contributed by atoms with E-state index in [0.29, 0.717) is 30.2 Å². The van der Waals surface area contributed by atoms with Crippen LogP contribution in [-0.4, -0.2) is 44.7 Å².